The summed E-state index contributed by atoms with van der Waals surface area (Å²) in [4.78, 5) is 0.612. The van der Waals surface area contributed by atoms with Crippen LogP contribution in [-0.4, -0.2) is 14.5 Å². The summed E-state index contributed by atoms with van der Waals surface area (Å²) in [6, 6.07) is 13.8. The van der Waals surface area contributed by atoms with E-state index in [-0.39, 0.29) is 11.0 Å². The Morgan fingerprint density at radius 1 is 0.833 bits per heavy atom. The van der Waals surface area contributed by atoms with Crippen molar-refractivity contribution in [2.45, 2.75) is 62.3 Å². The van der Waals surface area contributed by atoms with Crippen LogP contribution in [0.5, 0.6) is 5.75 Å². The molecule has 2 rings (SSSR count). The zero-order chi connectivity index (χ0) is 17.7. The van der Waals surface area contributed by atoms with Crippen molar-refractivity contribution < 1.29 is 13.2 Å². The number of rotatable bonds is 7. The number of ether oxygens (including phenoxy) is 1. The van der Waals surface area contributed by atoms with Crippen molar-refractivity contribution in [1.29, 1.82) is 0 Å². The van der Waals surface area contributed by atoms with E-state index in [2.05, 4.69) is 13.8 Å². The van der Waals surface area contributed by atoms with Gasteiger partial charge in [-0.1, -0.05) is 32.9 Å². The lowest BCUT2D eigenvalue weighted by molar-refractivity contribution is 0.217. The first-order valence-corrected chi connectivity index (χ1v) is 9.98. The molecule has 0 aliphatic rings. The standard InChI is InChI=1S/C20H26O3S/c1-5-15(3)17-7-11-19(12-8-17)24(21,22)20-13-9-18(10-14-20)23-16(4)6-2/h7-16H,5-6H2,1-4H3. The first-order chi connectivity index (χ1) is 11.4. The maximum Gasteiger partial charge on any atom is 0.206 e. The Bertz CT molecular complexity index is 746. The van der Waals surface area contributed by atoms with Gasteiger partial charge in [0, 0.05) is 0 Å². The minimum Gasteiger partial charge on any atom is -0.491 e. The molecular weight excluding hydrogens is 320 g/mol. The molecule has 0 saturated carbocycles. The van der Waals surface area contributed by atoms with Crippen molar-refractivity contribution in [3.63, 3.8) is 0 Å². The van der Waals surface area contributed by atoms with Crippen LogP contribution in [0.2, 0.25) is 0 Å². The Morgan fingerprint density at radius 2 is 1.33 bits per heavy atom. The molecule has 0 fully saturated rings. The molecule has 0 saturated heterocycles. The summed E-state index contributed by atoms with van der Waals surface area (Å²) in [5, 5.41) is 0. The highest BCUT2D eigenvalue weighted by molar-refractivity contribution is 7.91. The van der Waals surface area contributed by atoms with E-state index in [1.54, 1.807) is 36.4 Å². The largest absolute Gasteiger partial charge is 0.491 e. The van der Waals surface area contributed by atoms with E-state index >= 15 is 0 Å². The Kier molecular flexibility index (Phi) is 6.05. The predicted octanol–water partition coefficient (Wildman–Crippen LogP) is 5.21. The molecule has 0 amide bonds. The summed E-state index contributed by atoms with van der Waals surface area (Å²) < 4.78 is 31.2. The van der Waals surface area contributed by atoms with Crippen LogP contribution in [-0.2, 0) is 9.84 Å². The van der Waals surface area contributed by atoms with Gasteiger partial charge in [0.15, 0.2) is 0 Å². The second-order valence-electron chi connectivity index (χ2n) is 6.19. The van der Waals surface area contributed by atoms with E-state index in [1.165, 1.54) is 0 Å². The molecule has 24 heavy (non-hydrogen) atoms. The molecule has 0 aliphatic heterocycles. The van der Waals surface area contributed by atoms with Crippen LogP contribution < -0.4 is 4.74 Å². The number of hydrogen-bond acceptors (Lipinski definition) is 3. The first kappa shape index (κ1) is 18.5. The molecule has 2 atom stereocenters. The lowest BCUT2D eigenvalue weighted by Gasteiger charge is -2.13. The van der Waals surface area contributed by atoms with Crippen LogP contribution in [0.4, 0.5) is 0 Å². The van der Waals surface area contributed by atoms with Crippen LogP contribution in [0, 0.1) is 0 Å². The highest BCUT2D eigenvalue weighted by Crippen LogP contribution is 2.26. The molecule has 0 aliphatic carbocycles. The quantitative estimate of drug-likeness (QED) is 0.691. The minimum absolute atomic E-state index is 0.112. The van der Waals surface area contributed by atoms with Gasteiger partial charge in [-0.2, -0.15) is 0 Å². The Labute approximate surface area is 145 Å². The second kappa shape index (κ2) is 7.84. The fourth-order valence-corrected chi connectivity index (χ4v) is 3.62. The van der Waals surface area contributed by atoms with E-state index in [0.29, 0.717) is 16.6 Å². The summed E-state index contributed by atoms with van der Waals surface area (Å²) in [7, 11) is -3.49. The summed E-state index contributed by atoms with van der Waals surface area (Å²) in [5.74, 6) is 1.12. The van der Waals surface area contributed by atoms with Gasteiger partial charge in [0.1, 0.15) is 5.75 Å². The maximum absolute atomic E-state index is 12.7. The number of sulfone groups is 1. The molecule has 0 N–H and O–H groups in total. The van der Waals surface area contributed by atoms with Gasteiger partial charge in [0.05, 0.1) is 15.9 Å². The molecule has 2 aromatic carbocycles. The molecule has 0 radical (unpaired) electrons. The van der Waals surface area contributed by atoms with E-state index < -0.39 is 9.84 Å². The average molecular weight is 346 g/mol. The molecule has 0 heterocycles. The third-order valence-corrected chi connectivity index (χ3v) is 6.20. The molecule has 130 valence electrons. The molecule has 3 nitrogen and oxygen atoms in total. The van der Waals surface area contributed by atoms with Gasteiger partial charge in [-0.25, -0.2) is 8.42 Å². The third-order valence-electron chi connectivity index (χ3n) is 4.42. The number of hydrogen-bond donors (Lipinski definition) is 0. The van der Waals surface area contributed by atoms with E-state index in [0.717, 1.165) is 18.4 Å². The minimum atomic E-state index is -3.49. The van der Waals surface area contributed by atoms with Crippen LogP contribution in [0.1, 0.15) is 52.0 Å². The molecule has 2 aromatic rings. The SMILES string of the molecule is CCC(C)Oc1ccc(S(=O)(=O)c2ccc(C(C)CC)cc2)cc1. The number of benzene rings is 2. The normalized spacial score (nSPS) is 14.2. The van der Waals surface area contributed by atoms with Crippen LogP contribution in [0.3, 0.4) is 0 Å². The van der Waals surface area contributed by atoms with E-state index in [9.17, 15) is 8.42 Å². The zero-order valence-electron chi connectivity index (χ0n) is 14.8. The Hall–Kier alpha value is -1.81. The van der Waals surface area contributed by atoms with Gasteiger partial charge >= 0.3 is 0 Å². The van der Waals surface area contributed by atoms with Gasteiger partial charge < -0.3 is 4.74 Å². The fourth-order valence-electron chi connectivity index (χ4n) is 2.36. The summed E-state index contributed by atoms with van der Waals surface area (Å²) in [6.07, 6.45) is 2.05. The van der Waals surface area contributed by atoms with Gasteiger partial charge in [0.2, 0.25) is 9.84 Å². The highest BCUT2D eigenvalue weighted by atomic mass is 32.2. The fraction of sp³-hybridized carbons (Fsp3) is 0.400. The second-order valence-corrected chi connectivity index (χ2v) is 8.14. The van der Waals surface area contributed by atoms with Crippen molar-refractivity contribution in [2.75, 3.05) is 0 Å². The van der Waals surface area contributed by atoms with Crippen LogP contribution in [0.25, 0.3) is 0 Å². The molecule has 2 unspecified atom stereocenters. The van der Waals surface area contributed by atoms with Crippen molar-refractivity contribution in [3.8, 4) is 5.75 Å². The van der Waals surface area contributed by atoms with Crippen LogP contribution >= 0.6 is 0 Å². The third kappa shape index (κ3) is 4.18. The predicted molar refractivity (Wildman–Crippen MR) is 97.4 cm³/mol. The Balaban J connectivity index is 2.23. The summed E-state index contributed by atoms with van der Waals surface area (Å²) in [6.45, 7) is 8.30. The van der Waals surface area contributed by atoms with Crippen molar-refractivity contribution in [1.82, 2.24) is 0 Å². The lowest BCUT2D eigenvalue weighted by Crippen LogP contribution is -2.09. The van der Waals surface area contributed by atoms with Gasteiger partial charge in [0.25, 0.3) is 0 Å². The molecule has 0 spiro atoms. The first-order valence-electron chi connectivity index (χ1n) is 8.50. The molecule has 4 heteroatoms. The topological polar surface area (TPSA) is 43.4 Å². The lowest BCUT2D eigenvalue weighted by atomic mass is 9.99. The van der Waals surface area contributed by atoms with Gasteiger partial charge in [-0.05, 0) is 67.6 Å². The van der Waals surface area contributed by atoms with Crippen molar-refractivity contribution in [2.24, 2.45) is 0 Å². The maximum atomic E-state index is 12.7. The molecule has 0 aromatic heterocycles. The van der Waals surface area contributed by atoms with Gasteiger partial charge in [-0.3, -0.25) is 0 Å². The average Bonchev–Trinajstić information content (AvgIpc) is 2.61. The molecule has 0 bridgehead atoms. The van der Waals surface area contributed by atoms with Crippen molar-refractivity contribution in [3.05, 3.63) is 54.1 Å². The van der Waals surface area contributed by atoms with Crippen LogP contribution in [0.15, 0.2) is 58.3 Å². The summed E-state index contributed by atoms with van der Waals surface area (Å²) >= 11 is 0. The van der Waals surface area contributed by atoms with Gasteiger partial charge in [-0.15, -0.1) is 0 Å². The smallest absolute Gasteiger partial charge is 0.206 e. The Morgan fingerprint density at radius 3 is 1.79 bits per heavy atom. The van der Waals surface area contributed by atoms with Crippen molar-refractivity contribution >= 4 is 9.84 Å². The van der Waals surface area contributed by atoms with E-state index in [4.69, 9.17) is 4.74 Å². The highest BCUT2D eigenvalue weighted by Gasteiger charge is 2.18. The summed E-state index contributed by atoms with van der Waals surface area (Å²) in [5.41, 5.74) is 1.16. The molecular formula is C20H26O3S. The van der Waals surface area contributed by atoms with E-state index in [1.807, 2.05) is 26.0 Å². The monoisotopic (exact) mass is 346 g/mol. The zero-order valence-corrected chi connectivity index (χ0v) is 15.6.